The molecule has 2 aromatic rings. The monoisotopic (exact) mass is 268 g/mol. The number of nitriles is 1. The lowest BCUT2D eigenvalue weighted by Gasteiger charge is -2.15. The van der Waals surface area contributed by atoms with E-state index in [4.69, 9.17) is 11.0 Å². The summed E-state index contributed by atoms with van der Waals surface area (Å²) in [4.78, 5) is 11.0. The summed E-state index contributed by atoms with van der Waals surface area (Å²) in [7, 11) is 0. The van der Waals surface area contributed by atoms with Gasteiger partial charge in [0.25, 0.3) is 5.91 Å². The Morgan fingerprint density at radius 2 is 2.05 bits per heavy atom. The number of carbonyl (C=O) groups excluding carboxylic acids is 1. The average molecular weight is 268 g/mol. The van der Waals surface area contributed by atoms with Gasteiger partial charge in [-0.05, 0) is 25.0 Å². The molecule has 0 unspecified atom stereocenters. The van der Waals surface area contributed by atoms with Crippen LogP contribution in [0.5, 0.6) is 0 Å². The van der Waals surface area contributed by atoms with Crippen LogP contribution in [0.25, 0.3) is 0 Å². The van der Waals surface area contributed by atoms with Gasteiger partial charge < -0.3 is 5.73 Å². The second-order valence-corrected chi connectivity index (χ2v) is 5.22. The Morgan fingerprint density at radius 3 is 2.55 bits per heavy atom. The van der Waals surface area contributed by atoms with Gasteiger partial charge in [-0.25, -0.2) is 0 Å². The Hall–Kier alpha value is -2.61. The van der Waals surface area contributed by atoms with Crippen molar-refractivity contribution in [1.29, 1.82) is 5.26 Å². The highest BCUT2D eigenvalue weighted by atomic mass is 16.1. The highest BCUT2D eigenvalue weighted by molar-refractivity contribution is 5.92. The number of benzene rings is 1. The molecule has 0 spiro atoms. The van der Waals surface area contributed by atoms with Crippen molar-refractivity contribution < 1.29 is 4.79 Å². The summed E-state index contributed by atoms with van der Waals surface area (Å²) in [6.07, 6.45) is 3.07. The maximum Gasteiger partial charge on any atom is 0.251 e. The molecule has 5 heteroatoms. The number of carbonyl (C=O) groups is 1. The van der Waals surface area contributed by atoms with Crippen molar-refractivity contribution in [3.05, 3.63) is 53.3 Å². The third-order valence-electron chi connectivity index (χ3n) is 3.22. The minimum absolute atomic E-state index is 0.396. The Kier molecular flexibility index (Phi) is 3.57. The van der Waals surface area contributed by atoms with E-state index in [9.17, 15) is 4.79 Å². The molecule has 1 aromatic carbocycles. The molecule has 20 heavy (non-hydrogen) atoms. The molecule has 0 saturated carbocycles. The molecule has 1 amide bonds. The van der Waals surface area contributed by atoms with Crippen LogP contribution in [0, 0.1) is 11.3 Å². The van der Waals surface area contributed by atoms with Crippen molar-refractivity contribution in [3.8, 4) is 6.07 Å². The highest BCUT2D eigenvalue weighted by Gasteiger charge is 2.19. The molecule has 5 nitrogen and oxygen atoms in total. The molecule has 0 aliphatic heterocycles. The molecular formula is C15H16N4O. The largest absolute Gasteiger partial charge is 0.366 e. The number of nitrogens with two attached hydrogens (primary N) is 1. The first kappa shape index (κ1) is 13.8. The van der Waals surface area contributed by atoms with Gasteiger partial charge in [0.05, 0.1) is 29.8 Å². The highest BCUT2D eigenvalue weighted by Crippen LogP contribution is 2.22. The van der Waals surface area contributed by atoms with E-state index in [1.807, 2.05) is 38.1 Å². The zero-order chi connectivity index (χ0) is 14.8. The van der Waals surface area contributed by atoms with E-state index in [2.05, 4.69) is 11.2 Å². The smallest absolute Gasteiger partial charge is 0.251 e. The van der Waals surface area contributed by atoms with Crippen LogP contribution in [0.4, 0.5) is 0 Å². The van der Waals surface area contributed by atoms with Gasteiger partial charge in [-0.1, -0.05) is 24.3 Å². The minimum Gasteiger partial charge on any atom is -0.366 e. The maximum atomic E-state index is 11.0. The van der Waals surface area contributed by atoms with Crippen LogP contribution in [-0.4, -0.2) is 15.7 Å². The van der Waals surface area contributed by atoms with Crippen LogP contribution in [0.2, 0.25) is 0 Å². The third kappa shape index (κ3) is 2.86. The molecule has 2 rings (SSSR count). The Bertz CT molecular complexity index is 662. The molecule has 0 fully saturated rings. The molecule has 0 bridgehead atoms. The second-order valence-electron chi connectivity index (χ2n) is 5.22. The Labute approximate surface area is 117 Å². The summed E-state index contributed by atoms with van der Waals surface area (Å²) < 4.78 is 1.66. The molecule has 0 radical (unpaired) electrons. The topological polar surface area (TPSA) is 84.7 Å². The van der Waals surface area contributed by atoms with Crippen molar-refractivity contribution in [1.82, 2.24) is 9.78 Å². The van der Waals surface area contributed by atoms with E-state index >= 15 is 0 Å². The van der Waals surface area contributed by atoms with Gasteiger partial charge in [0, 0.05) is 6.20 Å². The van der Waals surface area contributed by atoms with Crippen molar-refractivity contribution in [3.63, 3.8) is 0 Å². The number of aromatic nitrogens is 2. The van der Waals surface area contributed by atoms with Crippen molar-refractivity contribution >= 4 is 5.91 Å². The number of hydrogen-bond donors (Lipinski definition) is 1. The van der Waals surface area contributed by atoms with E-state index in [1.54, 1.807) is 10.9 Å². The van der Waals surface area contributed by atoms with Gasteiger partial charge in [0.1, 0.15) is 0 Å². The standard InChI is InChI=1S/C15H16N4O/c1-15(2,10-16)13-5-3-11(4-6-13)8-19-9-12(7-18-19)14(17)20/h3-7,9H,8H2,1-2H3,(H2,17,20). The molecule has 0 atom stereocenters. The van der Waals surface area contributed by atoms with E-state index in [0.717, 1.165) is 11.1 Å². The van der Waals surface area contributed by atoms with E-state index < -0.39 is 11.3 Å². The van der Waals surface area contributed by atoms with Crippen molar-refractivity contribution in [2.75, 3.05) is 0 Å². The van der Waals surface area contributed by atoms with Crippen LogP contribution in [0.1, 0.15) is 35.3 Å². The number of primary amides is 1. The lowest BCUT2D eigenvalue weighted by molar-refractivity contribution is 0.1000. The molecule has 1 aromatic heterocycles. The first-order valence-corrected chi connectivity index (χ1v) is 6.25. The summed E-state index contributed by atoms with van der Waals surface area (Å²) in [6.45, 7) is 4.32. The maximum absolute atomic E-state index is 11.0. The molecule has 102 valence electrons. The third-order valence-corrected chi connectivity index (χ3v) is 3.22. The van der Waals surface area contributed by atoms with E-state index in [-0.39, 0.29) is 0 Å². The van der Waals surface area contributed by atoms with Crippen LogP contribution in [-0.2, 0) is 12.0 Å². The Balaban J connectivity index is 2.15. The van der Waals surface area contributed by atoms with Gasteiger partial charge in [-0.2, -0.15) is 10.4 Å². The predicted molar refractivity (Wildman–Crippen MR) is 74.9 cm³/mol. The van der Waals surface area contributed by atoms with Crippen molar-refractivity contribution in [2.24, 2.45) is 5.73 Å². The summed E-state index contributed by atoms with van der Waals surface area (Å²) in [5.41, 5.74) is 7.10. The minimum atomic E-state index is -0.497. The first-order valence-electron chi connectivity index (χ1n) is 6.25. The van der Waals surface area contributed by atoms with Gasteiger partial charge in [-0.3, -0.25) is 9.48 Å². The summed E-state index contributed by atoms with van der Waals surface area (Å²) in [5.74, 6) is -0.484. The van der Waals surface area contributed by atoms with Crippen LogP contribution >= 0.6 is 0 Å². The van der Waals surface area contributed by atoms with Gasteiger partial charge >= 0.3 is 0 Å². The number of amides is 1. The second kappa shape index (κ2) is 5.17. The van der Waals surface area contributed by atoms with Crippen LogP contribution in [0.15, 0.2) is 36.7 Å². The molecule has 0 aliphatic rings. The number of rotatable bonds is 4. The van der Waals surface area contributed by atoms with Crippen LogP contribution < -0.4 is 5.73 Å². The quantitative estimate of drug-likeness (QED) is 0.918. The summed E-state index contributed by atoms with van der Waals surface area (Å²) in [6, 6.07) is 10.1. The number of hydrogen-bond acceptors (Lipinski definition) is 3. The van der Waals surface area contributed by atoms with Crippen molar-refractivity contribution in [2.45, 2.75) is 25.8 Å². The fraction of sp³-hybridized carbons (Fsp3) is 0.267. The lowest BCUT2D eigenvalue weighted by Crippen LogP contribution is -2.13. The molecule has 0 aliphatic carbocycles. The summed E-state index contributed by atoms with van der Waals surface area (Å²) >= 11 is 0. The van der Waals surface area contributed by atoms with Gasteiger partial charge in [0.2, 0.25) is 0 Å². The van der Waals surface area contributed by atoms with E-state index in [0.29, 0.717) is 12.1 Å². The molecule has 0 saturated heterocycles. The molecular weight excluding hydrogens is 252 g/mol. The fourth-order valence-corrected chi connectivity index (χ4v) is 1.86. The summed E-state index contributed by atoms with van der Waals surface area (Å²) in [5, 5.41) is 13.2. The molecule has 1 heterocycles. The SMILES string of the molecule is CC(C)(C#N)c1ccc(Cn2cc(C(N)=O)cn2)cc1. The normalized spacial score (nSPS) is 11.1. The predicted octanol–water partition coefficient (Wildman–Crippen LogP) is 1.83. The zero-order valence-corrected chi connectivity index (χ0v) is 11.5. The average Bonchev–Trinajstić information content (AvgIpc) is 2.88. The molecule has 2 N–H and O–H groups in total. The lowest BCUT2D eigenvalue weighted by atomic mass is 9.86. The number of nitrogens with zero attached hydrogens (tertiary/aromatic N) is 3. The van der Waals surface area contributed by atoms with Crippen LogP contribution in [0.3, 0.4) is 0 Å². The first-order chi connectivity index (χ1) is 9.42. The van der Waals surface area contributed by atoms with E-state index in [1.165, 1.54) is 6.20 Å². The van der Waals surface area contributed by atoms with Gasteiger partial charge in [-0.15, -0.1) is 0 Å². The Morgan fingerprint density at radius 1 is 1.40 bits per heavy atom. The fourth-order valence-electron chi connectivity index (χ4n) is 1.86. The zero-order valence-electron chi connectivity index (χ0n) is 11.5. The van der Waals surface area contributed by atoms with Gasteiger partial charge in [0.15, 0.2) is 0 Å².